The Morgan fingerprint density at radius 3 is 2.50 bits per heavy atom. The Labute approximate surface area is 119 Å². The average molecular weight is 278 g/mol. The first-order valence-corrected chi connectivity index (χ1v) is 6.70. The summed E-state index contributed by atoms with van der Waals surface area (Å²) in [4.78, 5) is 23.4. The molecule has 1 unspecified atom stereocenters. The van der Waals surface area contributed by atoms with Gasteiger partial charge in [0.1, 0.15) is 0 Å². The molecule has 0 aliphatic rings. The van der Waals surface area contributed by atoms with Crippen LogP contribution in [0.25, 0.3) is 0 Å². The van der Waals surface area contributed by atoms with Crippen molar-refractivity contribution < 1.29 is 14.7 Å². The van der Waals surface area contributed by atoms with Crippen LogP contribution in [0.2, 0.25) is 0 Å². The fourth-order valence-corrected chi connectivity index (χ4v) is 2.06. The normalized spacial score (nSPS) is 12.2. The van der Waals surface area contributed by atoms with E-state index in [0.717, 1.165) is 5.56 Å². The SMILES string of the molecule is Cc1ccc(NC(=O)C(CN)CC(C)C)c(C(=O)O)c1. The van der Waals surface area contributed by atoms with Crippen molar-refractivity contribution in [2.75, 3.05) is 11.9 Å². The van der Waals surface area contributed by atoms with Crippen LogP contribution in [0.15, 0.2) is 18.2 Å². The van der Waals surface area contributed by atoms with E-state index in [0.29, 0.717) is 18.0 Å². The predicted octanol–water partition coefficient (Wildman–Crippen LogP) is 2.25. The van der Waals surface area contributed by atoms with Crippen LogP contribution in [-0.2, 0) is 4.79 Å². The monoisotopic (exact) mass is 278 g/mol. The van der Waals surface area contributed by atoms with Crippen molar-refractivity contribution in [3.8, 4) is 0 Å². The summed E-state index contributed by atoms with van der Waals surface area (Å²) in [6.07, 6.45) is 0.677. The van der Waals surface area contributed by atoms with Gasteiger partial charge in [0, 0.05) is 6.54 Å². The Kier molecular flexibility index (Phi) is 5.70. The zero-order valence-corrected chi connectivity index (χ0v) is 12.1. The van der Waals surface area contributed by atoms with Gasteiger partial charge in [-0.1, -0.05) is 25.5 Å². The van der Waals surface area contributed by atoms with E-state index in [4.69, 9.17) is 10.8 Å². The molecule has 1 aromatic carbocycles. The lowest BCUT2D eigenvalue weighted by atomic mass is 9.96. The van der Waals surface area contributed by atoms with Crippen LogP contribution >= 0.6 is 0 Å². The molecule has 5 nitrogen and oxygen atoms in total. The lowest BCUT2D eigenvalue weighted by molar-refractivity contribution is -0.120. The first-order valence-electron chi connectivity index (χ1n) is 6.70. The number of nitrogens with one attached hydrogen (secondary N) is 1. The fraction of sp³-hybridized carbons (Fsp3) is 0.467. The number of anilines is 1. The molecule has 0 bridgehead atoms. The van der Waals surface area contributed by atoms with Gasteiger partial charge in [0.2, 0.25) is 5.91 Å². The van der Waals surface area contributed by atoms with Crippen LogP contribution in [0.3, 0.4) is 0 Å². The standard InChI is InChI=1S/C15H22N2O3/c1-9(2)6-11(8-16)14(18)17-13-5-4-10(3)7-12(13)15(19)20/h4-5,7,9,11H,6,8,16H2,1-3H3,(H,17,18)(H,19,20). The molecule has 0 saturated carbocycles. The highest BCUT2D eigenvalue weighted by Crippen LogP contribution is 2.20. The second-order valence-corrected chi connectivity index (χ2v) is 5.41. The lowest BCUT2D eigenvalue weighted by Gasteiger charge is -2.17. The Hall–Kier alpha value is -1.88. The van der Waals surface area contributed by atoms with E-state index in [9.17, 15) is 9.59 Å². The van der Waals surface area contributed by atoms with Crippen LogP contribution in [0.4, 0.5) is 5.69 Å². The summed E-state index contributed by atoms with van der Waals surface area (Å²) in [5.74, 6) is -1.24. The van der Waals surface area contributed by atoms with Crippen LogP contribution in [-0.4, -0.2) is 23.5 Å². The van der Waals surface area contributed by atoms with Gasteiger partial charge >= 0.3 is 5.97 Å². The summed E-state index contributed by atoms with van der Waals surface area (Å²) < 4.78 is 0. The zero-order valence-electron chi connectivity index (χ0n) is 12.1. The van der Waals surface area contributed by atoms with E-state index in [1.54, 1.807) is 19.1 Å². The van der Waals surface area contributed by atoms with Gasteiger partial charge in [-0.2, -0.15) is 0 Å². The summed E-state index contributed by atoms with van der Waals surface area (Å²) in [5, 5.41) is 11.8. The molecule has 4 N–H and O–H groups in total. The third kappa shape index (κ3) is 4.35. The molecule has 0 aliphatic heterocycles. The molecule has 0 aromatic heterocycles. The first-order chi connectivity index (χ1) is 9.35. The molecule has 1 amide bonds. The van der Waals surface area contributed by atoms with Crippen molar-refractivity contribution in [2.45, 2.75) is 27.2 Å². The number of carbonyl (C=O) groups is 2. The van der Waals surface area contributed by atoms with Crippen molar-refractivity contribution in [1.82, 2.24) is 0 Å². The number of carboxylic acid groups (broad SMARTS) is 1. The highest BCUT2D eigenvalue weighted by Gasteiger charge is 2.20. The Morgan fingerprint density at radius 1 is 1.35 bits per heavy atom. The molecule has 0 fully saturated rings. The molecule has 1 rings (SSSR count). The molecule has 1 atom stereocenters. The number of aromatic carboxylic acids is 1. The van der Waals surface area contributed by atoms with Gasteiger partial charge in [-0.05, 0) is 31.4 Å². The van der Waals surface area contributed by atoms with Crippen LogP contribution in [0, 0.1) is 18.8 Å². The Bertz CT molecular complexity index is 498. The second-order valence-electron chi connectivity index (χ2n) is 5.41. The smallest absolute Gasteiger partial charge is 0.337 e. The van der Waals surface area contributed by atoms with Crippen molar-refractivity contribution in [3.63, 3.8) is 0 Å². The third-order valence-electron chi connectivity index (χ3n) is 3.07. The highest BCUT2D eigenvalue weighted by atomic mass is 16.4. The molecule has 20 heavy (non-hydrogen) atoms. The summed E-state index contributed by atoms with van der Waals surface area (Å²) in [6, 6.07) is 4.92. The molecule has 0 radical (unpaired) electrons. The number of carboxylic acids is 1. The van der Waals surface area contributed by atoms with E-state index in [2.05, 4.69) is 5.32 Å². The van der Waals surface area contributed by atoms with E-state index >= 15 is 0 Å². The van der Waals surface area contributed by atoms with Crippen LogP contribution in [0.5, 0.6) is 0 Å². The summed E-state index contributed by atoms with van der Waals surface area (Å²) in [5.41, 5.74) is 6.86. The number of hydrogen-bond acceptors (Lipinski definition) is 3. The number of rotatable bonds is 6. The molecule has 5 heteroatoms. The van der Waals surface area contributed by atoms with Crippen molar-refractivity contribution in [2.24, 2.45) is 17.6 Å². The maximum Gasteiger partial charge on any atom is 0.337 e. The van der Waals surface area contributed by atoms with Crippen molar-refractivity contribution >= 4 is 17.6 Å². The summed E-state index contributed by atoms with van der Waals surface area (Å²) in [6.45, 7) is 6.09. The van der Waals surface area contributed by atoms with E-state index < -0.39 is 5.97 Å². The zero-order chi connectivity index (χ0) is 15.3. The van der Waals surface area contributed by atoms with E-state index in [1.165, 1.54) is 6.07 Å². The summed E-state index contributed by atoms with van der Waals surface area (Å²) >= 11 is 0. The largest absolute Gasteiger partial charge is 0.478 e. The lowest BCUT2D eigenvalue weighted by Crippen LogP contribution is -2.30. The minimum absolute atomic E-state index is 0.0960. The van der Waals surface area contributed by atoms with Gasteiger partial charge in [0.15, 0.2) is 0 Å². The number of benzene rings is 1. The average Bonchev–Trinajstić information content (AvgIpc) is 2.37. The number of aryl methyl sites for hydroxylation is 1. The maximum atomic E-state index is 12.2. The molecule has 0 saturated heterocycles. The molecular weight excluding hydrogens is 256 g/mol. The molecule has 0 spiro atoms. The van der Waals surface area contributed by atoms with E-state index in [1.807, 2.05) is 13.8 Å². The van der Waals surface area contributed by atoms with Crippen molar-refractivity contribution in [3.05, 3.63) is 29.3 Å². The number of amides is 1. The van der Waals surface area contributed by atoms with Crippen LogP contribution < -0.4 is 11.1 Å². The Morgan fingerprint density at radius 2 is 2.00 bits per heavy atom. The Balaban J connectivity index is 2.92. The first kappa shape index (κ1) is 16.2. The molecule has 1 aromatic rings. The number of carbonyl (C=O) groups excluding carboxylic acids is 1. The molecule has 110 valence electrons. The van der Waals surface area contributed by atoms with Gasteiger partial charge in [0.25, 0.3) is 0 Å². The minimum atomic E-state index is -1.06. The quantitative estimate of drug-likeness (QED) is 0.744. The van der Waals surface area contributed by atoms with Gasteiger partial charge in [-0.15, -0.1) is 0 Å². The van der Waals surface area contributed by atoms with Gasteiger partial charge in [-0.3, -0.25) is 4.79 Å². The second kappa shape index (κ2) is 7.05. The molecular formula is C15H22N2O3. The summed E-state index contributed by atoms with van der Waals surface area (Å²) in [7, 11) is 0. The third-order valence-corrected chi connectivity index (χ3v) is 3.07. The van der Waals surface area contributed by atoms with Gasteiger partial charge in [-0.25, -0.2) is 4.79 Å². The van der Waals surface area contributed by atoms with Crippen LogP contribution in [0.1, 0.15) is 36.2 Å². The van der Waals surface area contributed by atoms with Crippen molar-refractivity contribution in [1.29, 1.82) is 0 Å². The maximum absolute atomic E-state index is 12.2. The van der Waals surface area contributed by atoms with E-state index in [-0.39, 0.29) is 23.9 Å². The predicted molar refractivity (Wildman–Crippen MR) is 78.8 cm³/mol. The van der Waals surface area contributed by atoms with Gasteiger partial charge < -0.3 is 16.2 Å². The molecule has 0 heterocycles. The number of hydrogen-bond donors (Lipinski definition) is 3. The van der Waals surface area contributed by atoms with Gasteiger partial charge in [0.05, 0.1) is 17.2 Å². The number of nitrogens with two attached hydrogens (primary N) is 1. The minimum Gasteiger partial charge on any atom is -0.478 e. The fourth-order valence-electron chi connectivity index (χ4n) is 2.06. The molecule has 0 aliphatic carbocycles. The topological polar surface area (TPSA) is 92.4 Å². The highest BCUT2D eigenvalue weighted by molar-refractivity contribution is 6.01.